The van der Waals surface area contributed by atoms with Crippen molar-refractivity contribution in [2.24, 2.45) is 0 Å². The van der Waals surface area contributed by atoms with E-state index in [1.165, 1.54) is 10.9 Å². The molecule has 1 amide bonds. The van der Waals surface area contributed by atoms with Crippen LogP contribution in [0.4, 0.5) is 0 Å². The summed E-state index contributed by atoms with van der Waals surface area (Å²) in [5.74, 6) is 0.0964. The zero-order chi connectivity index (χ0) is 18.7. The zero-order valence-electron chi connectivity index (χ0n) is 15.3. The van der Waals surface area contributed by atoms with Crippen molar-refractivity contribution >= 4 is 28.4 Å². The number of amides is 1. The molecular weight excluding hydrogens is 346 g/mol. The SMILES string of the molecule is C[C@@H](NC[C@@H](c1ccccc1Cl)c1c[nH]c2ccccc12)C(=O)N(C)C. The Hall–Kier alpha value is -2.30. The third-order valence-electron chi connectivity index (χ3n) is 4.72. The number of para-hydroxylation sites is 1. The van der Waals surface area contributed by atoms with E-state index >= 15 is 0 Å². The van der Waals surface area contributed by atoms with Crippen LogP contribution < -0.4 is 5.32 Å². The van der Waals surface area contributed by atoms with Gasteiger partial charge in [-0.25, -0.2) is 0 Å². The second-order valence-corrected chi connectivity index (χ2v) is 7.13. The summed E-state index contributed by atoms with van der Waals surface area (Å²) in [6.07, 6.45) is 2.04. The van der Waals surface area contributed by atoms with Gasteiger partial charge in [0, 0.05) is 48.7 Å². The van der Waals surface area contributed by atoms with Crippen molar-refractivity contribution in [2.75, 3.05) is 20.6 Å². The second-order valence-electron chi connectivity index (χ2n) is 6.73. The maximum Gasteiger partial charge on any atom is 0.238 e. The van der Waals surface area contributed by atoms with E-state index in [-0.39, 0.29) is 17.9 Å². The van der Waals surface area contributed by atoms with Gasteiger partial charge in [-0.1, -0.05) is 48.0 Å². The monoisotopic (exact) mass is 369 g/mol. The lowest BCUT2D eigenvalue weighted by molar-refractivity contribution is -0.130. The molecule has 0 spiro atoms. The lowest BCUT2D eigenvalue weighted by Crippen LogP contribution is -2.43. The summed E-state index contributed by atoms with van der Waals surface area (Å²) < 4.78 is 0. The fourth-order valence-corrected chi connectivity index (χ4v) is 3.56. The van der Waals surface area contributed by atoms with Gasteiger partial charge in [0.15, 0.2) is 0 Å². The van der Waals surface area contributed by atoms with Crippen molar-refractivity contribution in [1.29, 1.82) is 0 Å². The first-order chi connectivity index (χ1) is 12.5. The van der Waals surface area contributed by atoms with Crippen LogP contribution in [0.25, 0.3) is 10.9 Å². The molecule has 2 N–H and O–H groups in total. The first-order valence-electron chi connectivity index (χ1n) is 8.74. The smallest absolute Gasteiger partial charge is 0.238 e. The largest absolute Gasteiger partial charge is 0.361 e. The zero-order valence-corrected chi connectivity index (χ0v) is 16.0. The van der Waals surface area contributed by atoms with Gasteiger partial charge in [-0.2, -0.15) is 0 Å². The summed E-state index contributed by atoms with van der Waals surface area (Å²) in [7, 11) is 3.54. The number of H-pyrrole nitrogens is 1. The van der Waals surface area contributed by atoms with Gasteiger partial charge in [0.1, 0.15) is 0 Å². The van der Waals surface area contributed by atoms with E-state index in [0.717, 1.165) is 16.1 Å². The Kier molecular flexibility index (Phi) is 5.64. The molecule has 4 nitrogen and oxygen atoms in total. The summed E-state index contributed by atoms with van der Waals surface area (Å²) in [4.78, 5) is 17.1. The van der Waals surface area contributed by atoms with Gasteiger partial charge in [-0.15, -0.1) is 0 Å². The standard InChI is InChI=1S/C21H24ClN3O/c1-14(21(26)25(2)3)23-12-17(15-8-4-6-10-19(15)22)18-13-24-20-11-7-5-9-16(18)20/h4-11,13-14,17,23-24H,12H2,1-3H3/t14-,17+/m1/s1. The summed E-state index contributed by atoms with van der Waals surface area (Å²) in [5.41, 5.74) is 3.32. The molecule has 0 aliphatic carbocycles. The van der Waals surface area contributed by atoms with E-state index < -0.39 is 0 Å². The normalized spacial score (nSPS) is 13.5. The van der Waals surface area contributed by atoms with Crippen LogP contribution >= 0.6 is 11.6 Å². The first kappa shape index (κ1) is 18.5. The van der Waals surface area contributed by atoms with Crippen LogP contribution in [0.3, 0.4) is 0 Å². The van der Waals surface area contributed by atoms with Crippen molar-refractivity contribution in [1.82, 2.24) is 15.2 Å². The number of carbonyl (C=O) groups is 1. The predicted molar refractivity (Wildman–Crippen MR) is 108 cm³/mol. The van der Waals surface area contributed by atoms with Crippen molar-refractivity contribution in [3.05, 3.63) is 70.9 Å². The fraction of sp³-hybridized carbons (Fsp3) is 0.286. The minimum absolute atomic E-state index is 0.0391. The maximum absolute atomic E-state index is 12.2. The molecule has 1 aromatic heterocycles. The van der Waals surface area contributed by atoms with E-state index in [2.05, 4.69) is 28.5 Å². The molecule has 0 unspecified atom stereocenters. The third kappa shape index (κ3) is 3.76. The van der Waals surface area contributed by atoms with E-state index in [0.29, 0.717) is 6.54 Å². The number of aromatic amines is 1. The van der Waals surface area contributed by atoms with Gasteiger partial charge < -0.3 is 15.2 Å². The Morgan fingerprint density at radius 2 is 1.81 bits per heavy atom. The number of rotatable bonds is 6. The van der Waals surface area contributed by atoms with E-state index in [1.54, 1.807) is 19.0 Å². The van der Waals surface area contributed by atoms with Crippen LogP contribution in [-0.2, 0) is 4.79 Å². The average Bonchev–Trinajstić information content (AvgIpc) is 3.06. The molecule has 0 bridgehead atoms. The number of hydrogen-bond donors (Lipinski definition) is 2. The van der Waals surface area contributed by atoms with Crippen molar-refractivity contribution < 1.29 is 4.79 Å². The number of halogens is 1. The summed E-state index contributed by atoms with van der Waals surface area (Å²) >= 11 is 6.50. The third-order valence-corrected chi connectivity index (χ3v) is 5.06. The number of benzene rings is 2. The number of nitrogens with one attached hydrogen (secondary N) is 2. The van der Waals surface area contributed by atoms with Gasteiger partial charge in [-0.05, 0) is 30.2 Å². The maximum atomic E-state index is 12.2. The summed E-state index contributed by atoms with van der Waals surface area (Å²) in [6, 6.07) is 15.9. The highest BCUT2D eigenvalue weighted by Gasteiger charge is 2.22. The highest BCUT2D eigenvalue weighted by Crippen LogP contribution is 2.34. The predicted octanol–water partition coefficient (Wildman–Crippen LogP) is 4.02. The average molecular weight is 370 g/mol. The lowest BCUT2D eigenvalue weighted by Gasteiger charge is -2.23. The molecule has 2 aromatic carbocycles. The fourth-order valence-electron chi connectivity index (χ4n) is 3.30. The molecule has 2 atom stereocenters. The van der Waals surface area contributed by atoms with Gasteiger partial charge in [0.25, 0.3) is 0 Å². The molecule has 0 aliphatic heterocycles. The molecule has 136 valence electrons. The van der Waals surface area contributed by atoms with Crippen molar-refractivity contribution in [3.8, 4) is 0 Å². The van der Waals surface area contributed by atoms with Crippen LogP contribution in [0.15, 0.2) is 54.7 Å². The van der Waals surface area contributed by atoms with Crippen molar-refractivity contribution in [3.63, 3.8) is 0 Å². The van der Waals surface area contributed by atoms with Crippen LogP contribution in [0, 0.1) is 0 Å². The molecule has 0 aliphatic rings. The van der Waals surface area contributed by atoms with Crippen LogP contribution in [0.2, 0.25) is 5.02 Å². The molecule has 3 aromatic rings. The van der Waals surface area contributed by atoms with Gasteiger partial charge in [0.05, 0.1) is 6.04 Å². The highest BCUT2D eigenvalue weighted by atomic mass is 35.5. The minimum atomic E-state index is -0.264. The highest BCUT2D eigenvalue weighted by molar-refractivity contribution is 6.31. The van der Waals surface area contributed by atoms with Gasteiger partial charge >= 0.3 is 0 Å². The van der Waals surface area contributed by atoms with Crippen LogP contribution in [0.1, 0.15) is 24.0 Å². The molecule has 0 fully saturated rings. The Labute approximate surface area is 159 Å². The molecular formula is C21H24ClN3O. The van der Waals surface area contributed by atoms with Crippen LogP contribution in [0.5, 0.6) is 0 Å². The topological polar surface area (TPSA) is 48.1 Å². The molecule has 5 heteroatoms. The Morgan fingerprint density at radius 3 is 2.54 bits per heavy atom. The second kappa shape index (κ2) is 7.94. The lowest BCUT2D eigenvalue weighted by atomic mass is 9.90. The van der Waals surface area contributed by atoms with Gasteiger partial charge in [0.2, 0.25) is 5.91 Å². The van der Waals surface area contributed by atoms with E-state index in [9.17, 15) is 4.79 Å². The summed E-state index contributed by atoms with van der Waals surface area (Å²) in [6.45, 7) is 2.51. The number of nitrogens with zero attached hydrogens (tertiary/aromatic N) is 1. The van der Waals surface area contributed by atoms with E-state index in [1.807, 2.05) is 43.5 Å². The molecule has 0 saturated heterocycles. The molecule has 1 heterocycles. The molecule has 0 radical (unpaired) electrons. The van der Waals surface area contributed by atoms with Crippen LogP contribution in [-0.4, -0.2) is 42.5 Å². The van der Waals surface area contributed by atoms with Gasteiger partial charge in [-0.3, -0.25) is 4.79 Å². The molecule has 0 saturated carbocycles. The quantitative estimate of drug-likeness (QED) is 0.689. The van der Waals surface area contributed by atoms with Crippen molar-refractivity contribution in [2.45, 2.75) is 18.9 Å². The number of carbonyl (C=O) groups excluding carboxylic acids is 1. The molecule has 26 heavy (non-hydrogen) atoms. The first-order valence-corrected chi connectivity index (χ1v) is 9.12. The Morgan fingerprint density at radius 1 is 1.12 bits per heavy atom. The number of hydrogen-bond acceptors (Lipinski definition) is 2. The summed E-state index contributed by atoms with van der Waals surface area (Å²) in [5, 5.41) is 5.28. The number of aromatic nitrogens is 1. The minimum Gasteiger partial charge on any atom is -0.361 e. The number of likely N-dealkylation sites (N-methyl/N-ethyl adjacent to an activating group) is 1. The van der Waals surface area contributed by atoms with E-state index in [4.69, 9.17) is 11.6 Å². The molecule has 3 rings (SSSR count). The Bertz CT molecular complexity index is 903. The number of fused-ring (bicyclic) bond motifs is 1. The Balaban J connectivity index is 1.95.